The smallest absolute Gasteiger partial charge is 0.400 e. The van der Waals surface area contributed by atoms with Crippen LogP contribution in [0.3, 0.4) is 0 Å². The minimum atomic E-state index is -4.14. The van der Waals surface area contributed by atoms with Crippen LogP contribution in [0.2, 0.25) is 31.7 Å². The molecule has 4 unspecified atom stereocenters. The van der Waals surface area contributed by atoms with Gasteiger partial charge in [-0.25, -0.2) is 0 Å². The predicted octanol–water partition coefficient (Wildman–Crippen LogP) is 17.7. The number of hydrogen-bond acceptors (Lipinski definition) is 8. The number of hydrogen-bond donors (Lipinski definition) is 0. The fourth-order valence-electron chi connectivity index (χ4n) is 10.0. The number of Topliss-reactive ketones (excluding diaryl/α,β-unsaturated/α-hetero) is 1. The summed E-state index contributed by atoms with van der Waals surface area (Å²) in [6, 6.07) is 0.433. The highest BCUT2D eigenvalue weighted by molar-refractivity contribution is 7.16. The van der Waals surface area contributed by atoms with Crippen molar-refractivity contribution >= 4 is 56.2 Å². The molecule has 0 bridgehead atoms. The summed E-state index contributed by atoms with van der Waals surface area (Å²) in [6.45, 7) is 16.6. The molecule has 0 aromatic carbocycles. The van der Waals surface area contributed by atoms with Crippen LogP contribution in [0.15, 0.2) is 0 Å². The molecular formula is C55H110O8Si4. The molecule has 4 atom stereocenters. The van der Waals surface area contributed by atoms with E-state index in [9.17, 15) is 14.4 Å². The Hall–Kier alpha value is -0.612. The van der Waals surface area contributed by atoms with Gasteiger partial charge in [-0.3, -0.25) is 19.2 Å². The van der Waals surface area contributed by atoms with E-state index in [1.165, 1.54) is 141 Å². The third-order valence-electron chi connectivity index (χ3n) is 14.2. The fraction of sp³-hybridized carbons (Fsp3) is 0.927. The van der Waals surface area contributed by atoms with Crippen molar-refractivity contribution in [3.8, 4) is 0 Å². The zero-order chi connectivity index (χ0) is 49.5. The Morgan fingerprint density at radius 3 is 0.910 bits per heavy atom. The van der Waals surface area contributed by atoms with Crippen molar-refractivity contribution in [2.24, 2.45) is 0 Å². The van der Waals surface area contributed by atoms with Crippen LogP contribution in [0.4, 0.5) is 0 Å². The van der Waals surface area contributed by atoms with Crippen LogP contribution < -0.4 is 0 Å². The van der Waals surface area contributed by atoms with E-state index in [1.807, 2.05) is 13.1 Å². The Morgan fingerprint density at radius 2 is 0.582 bits per heavy atom. The van der Waals surface area contributed by atoms with Gasteiger partial charge >= 0.3 is 34.2 Å². The largest absolute Gasteiger partial charge is 0.411 e. The molecule has 1 aliphatic rings. The minimum Gasteiger partial charge on any atom is -0.411 e. The van der Waals surface area contributed by atoms with Gasteiger partial charge in [-0.05, 0) is 51.4 Å². The van der Waals surface area contributed by atoms with Gasteiger partial charge in [0.15, 0.2) is 16.2 Å². The third-order valence-corrected chi connectivity index (χ3v) is 32.4. The van der Waals surface area contributed by atoms with E-state index >= 15 is 4.79 Å². The predicted molar refractivity (Wildman–Crippen MR) is 292 cm³/mol. The summed E-state index contributed by atoms with van der Waals surface area (Å²) in [5.41, 5.74) is 0. The van der Waals surface area contributed by atoms with Gasteiger partial charge in [-0.2, -0.15) is 0 Å². The molecule has 394 valence electrons. The van der Waals surface area contributed by atoms with Gasteiger partial charge in [-0.1, -0.05) is 247 Å². The van der Waals surface area contributed by atoms with Crippen molar-refractivity contribution in [3.63, 3.8) is 0 Å². The minimum absolute atomic E-state index is 0.0207. The molecule has 1 saturated heterocycles. The van der Waals surface area contributed by atoms with Crippen molar-refractivity contribution in [1.82, 2.24) is 0 Å². The van der Waals surface area contributed by atoms with Crippen molar-refractivity contribution in [2.45, 2.75) is 330 Å². The second kappa shape index (κ2) is 39.9. The normalized spacial score (nSPS) is 22.1. The van der Waals surface area contributed by atoms with E-state index in [-0.39, 0.29) is 40.9 Å². The maximum absolute atomic E-state index is 15.1. The molecule has 0 spiro atoms. The van der Waals surface area contributed by atoms with Crippen LogP contribution in [0, 0.1) is 0 Å². The lowest BCUT2D eigenvalue weighted by atomic mass is 10.1. The molecule has 0 aliphatic carbocycles. The highest BCUT2D eigenvalue weighted by Crippen LogP contribution is 2.38. The van der Waals surface area contributed by atoms with Crippen molar-refractivity contribution in [1.29, 1.82) is 0 Å². The van der Waals surface area contributed by atoms with E-state index in [0.717, 1.165) is 83.5 Å². The van der Waals surface area contributed by atoms with Crippen LogP contribution in [-0.2, 0) is 35.6 Å². The second-order valence-electron chi connectivity index (χ2n) is 21.2. The first-order valence-corrected chi connectivity index (χ1v) is 38.4. The summed E-state index contributed by atoms with van der Waals surface area (Å²) in [5.74, 6) is -0.0207. The summed E-state index contributed by atoms with van der Waals surface area (Å²) in [4.78, 5) is 58.8. The molecule has 1 heterocycles. The molecule has 0 saturated carbocycles. The van der Waals surface area contributed by atoms with Crippen molar-refractivity contribution in [3.05, 3.63) is 0 Å². The number of unbranched alkanes of at least 4 members (excludes halogenated alkanes) is 32. The van der Waals surface area contributed by atoms with Gasteiger partial charge in [0.2, 0.25) is 0 Å². The molecule has 12 heteroatoms. The first-order chi connectivity index (χ1) is 32.3. The molecule has 1 rings (SSSR count). The SMILES string of the molecule is CCCCCCCCCCCC(=O)C[Si]1(C(=O)CCCCCCCCCCC)O[Si](C)(CCC)O[Si](C)(C(=O)CCCCCCCCCCC)O[Si](C)(C(=O)CCCCCCCCCCC)O1. The molecule has 0 amide bonds. The standard InChI is InChI=1S/C55H110O8Si4/c1-9-14-18-22-26-30-34-38-42-46-52(56)51-67(55(59)49-45-41-37-33-29-25-21-17-12-4)61-64(6,50-13-5)60-65(7,53(57)47-43-39-35-31-27-23-19-15-10-2)62-66(8,63-67)54(58)48-44-40-36-32-28-24-20-16-11-3/h9-51H2,1-8H3. The van der Waals surface area contributed by atoms with E-state index < -0.39 is 34.2 Å². The van der Waals surface area contributed by atoms with Gasteiger partial charge in [-0.15, -0.1) is 0 Å². The van der Waals surface area contributed by atoms with Gasteiger partial charge in [0.25, 0.3) is 0 Å². The van der Waals surface area contributed by atoms with Crippen LogP contribution in [0.5, 0.6) is 0 Å². The summed E-state index contributed by atoms with van der Waals surface area (Å²) in [5, 5.41) is -0.334. The molecule has 8 nitrogen and oxygen atoms in total. The summed E-state index contributed by atoms with van der Waals surface area (Å²) in [7, 11) is -15.3. The third kappa shape index (κ3) is 29.5. The lowest BCUT2D eigenvalue weighted by Crippen LogP contribution is -2.74. The average Bonchev–Trinajstić information content (AvgIpc) is 3.28. The Morgan fingerprint density at radius 1 is 0.299 bits per heavy atom. The number of ketones is 1. The summed E-state index contributed by atoms with van der Waals surface area (Å²) >= 11 is 0. The lowest BCUT2D eigenvalue weighted by molar-refractivity contribution is -0.120. The van der Waals surface area contributed by atoms with Crippen molar-refractivity contribution in [2.75, 3.05) is 0 Å². The second-order valence-corrected chi connectivity index (χ2v) is 34.6. The van der Waals surface area contributed by atoms with Crippen LogP contribution >= 0.6 is 0 Å². The quantitative estimate of drug-likeness (QED) is 0.0438. The molecule has 1 aliphatic heterocycles. The molecule has 1 fully saturated rings. The zero-order valence-electron chi connectivity index (χ0n) is 45.7. The number of rotatable bonds is 47. The van der Waals surface area contributed by atoms with E-state index in [2.05, 4.69) is 34.6 Å². The molecule has 0 aromatic rings. The van der Waals surface area contributed by atoms with E-state index in [4.69, 9.17) is 16.5 Å². The fourth-order valence-corrected chi connectivity index (χ4v) is 31.5. The molecule has 0 radical (unpaired) electrons. The summed E-state index contributed by atoms with van der Waals surface area (Å²) < 4.78 is 28.8. The monoisotopic (exact) mass is 1010 g/mol. The lowest BCUT2D eigenvalue weighted by Gasteiger charge is -2.49. The van der Waals surface area contributed by atoms with Crippen LogP contribution in [0.1, 0.15) is 298 Å². The van der Waals surface area contributed by atoms with Gasteiger partial charge < -0.3 is 16.5 Å². The molecular weight excluding hydrogens is 901 g/mol. The van der Waals surface area contributed by atoms with Crippen LogP contribution in [0.25, 0.3) is 0 Å². The van der Waals surface area contributed by atoms with E-state index in [0.29, 0.717) is 31.7 Å². The highest BCUT2D eigenvalue weighted by atomic mass is 28.5. The van der Waals surface area contributed by atoms with Gasteiger partial charge in [0.1, 0.15) is 5.78 Å². The topological polar surface area (TPSA) is 105 Å². The van der Waals surface area contributed by atoms with Gasteiger partial charge in [0.05, 0.1) is 6.04 Å². The maximum atomic E-state index is 15.1. The Kier molecular flexibility index (Phi) is 38.4. The Labute approximate surface area is 419 Å². The number of carbonyl (C=O) groups is 4. The van der Waals surface area contributed by atoms with Gasteiger partial charge in [0, 0.05) is 25.7 Å². The highest BCUT2D eigenvalue weighted by Gasteiger charge is 2.65. The average molecular weight is 1010 g/mol. The zero-order valence-corrected chi connectivity index (χ0v) is 49.7. The Balaban J connectivity index is 3.48. The van der Waals surface area contributed by atoms with Crippen LogP contribution in [-0.4, -0.2) is 56.2 Å². The first kappa shape index (κ1) is 64.4. The van der Waals surface area contributed by atoms with Crippen molar-refractivity contribution < 1.29 is 35.6 Å². The molecule has 0 aromatic heterocycles. The maximum Gasteiger partial charge on any atom is 0.400 e. The summed E-state index contributed by atoms with van der Waals surface area (Å²) in [6.07, 6.45) is 42.9. The number of carbonyl (C=O) groups excluding carboxylic acids is 4. The van der Waals surface area contributed by atoms with E-state index in [1.54, 1.807) is 6.55 Å². The molecule has 67 heavy (non-hydrogen) atoms. The Bertz CT molecular complexity index is 1290. The first-order valence-electron chi connectivity index (χ1n) is 29.2. The molecule has 0 N–H and O–H groups in total.